The summed E-state index contributed by atoms with van der Waals surface area (Å²) in [6.45, 7) is 1.70. The quantitative estimate of drug-likeness (QED) is 0.0813. The van der Waals surface area contributed by atoms with Gasteiger partial charge < -0.3 is 0 Å². The third kappa shape index (κ3) is 20.0. The van der Waals surface area contributed by atoms with Gasteiger partial charge in [-0.15, -0.1) is 0 Å². The van der Waals surface area contributed by atoms with Crippen LogP contribution in [0.5, 0.6) is 0 Å². The van der Waals surface area contributed by atoms with E-state index in [-0.39, 0.29) is 43.6 Å². The number of fused-ring (bicyclic) bond motifs is 6. The van der Waals surface area contributed by atoms with E-state index in [0.717, 1.165) is 79.0 Å². The van der Waals surface area contributed by atoms with Gasteiger partial charge in [-0.2, -0.15) is 30.6 Å². The molecule has 0 saturated heterocycles. The average molecular weight is 1960 g/mol. The average Bonchev–Trinajstić information content (AvgIpc) is 1.37. The van der Waals surface area contributed by atoms with E-state index in [9.17, 15) is 35.1 Å². The monoisotopic (exact) mass is 1960 g/mol. The molecule has 0 atom stereocenters. The van der Waals surface area contributed by atoms with E-state index in [1.165, 1.54) is 82.5 Å². The Morgan fingerprint density at radius 2 is 0.564 bits per heavy atom. The summed E-state index contributed by atoms with van der Waals surface area (Å²) in [5.41, 5.74) is 19.6. The van der Waals surface area contributed by atoms with Crippen LogP contribution in [0.1, 0.15) is 5.56 Å². The van der Waals surface area contributed by atoms with Crippen LogP contribution in [-0.2, 0) is 0 Å². The van der Waals surface area contributed by atoms with Crippen LogP contribution >= 0.6 is 58.0 Å². The summed E-state index contributed by atoms with van der Waals surface area (Å²) >= 11 is 29.7. The number of halogens is 13. The summed E-state index contributed by atoms with van der Waals surface area (Å²) in [5, 5.41) is 27.1. The minimum atomic E-state index is -0.812. The van der Waals surface area contributed by atoms with Crippen LogP contribution in [0.25, 0.3) is 169 Å². The zero-order valence-electron chi connectivity index (χ0n) is 72.1. The molecule has 0 amide bonds. The van der Waals surface area contributed by atoms with Crippen LogP contribution in [0.15, 0.2) is 354 Å². The lowest BCUT2D eigenvalue weighted by atomic mass is 9.99. The van der Waals surface area contributed by atoms with E-state index in [1.54, 1.807) is 197 Å². The summed E-state index contributed by atoms with van der Waals surface area (Å²) in [5.74, 6) is -4.11. The standard InChI is InChI=1S/C18H12F2N4.2C17H9ClF2N4.2C17H10ClFN4.C17H11ClN4/c1-11-7-12(4-5-15(11)19)17-14(3-2-6-21-17)13-8-16(20)18-22-10-23-24(18)9-13;18-13-6-10(3-4-14(13)19)16-12(2-1-5-21-16)11-7-15(20)17-22-9-23-24(17)8-11;18-12-8-11(13(19)9-14(12)20)17-10(2-1-5-22-17)15-3-4-16-21-6-7-24(16)23-15;18-11-3-4-14(19)13(10-11)17-12(2-1-7-21-17)15-5-6-16-20-8-9-23(16)22-15;18-13-10-11(3-4-14(13)19)17-12(2-1-7-21-17)15-5-6-16-20-8-9-23(16)22-15;18-13-4-1-3-12(11-13)17-14(5-2-8-20-17)15-6-7-16-19-9-10-22(16)21-15/h2-10H,1H3;2*1-9H;2*1-10H;1-11H. The molecule has 24 rings (SSSR count). The maximum Gasteiger partial charge on any atom is 0.191 e. The van der Waals surface area contributed by atoms with E-state index >= 15 is 0 Å². The number of rotatable bonds is 12. The number of hydrogen-bond donors (Lipinski definition) is 0. The SMILES string of the molecule is Cc1cc(-c2ncccc2-c2cc(F)c3ncnn3c2)ccc1F.Clc1cccc(-c2ncccc2-c2ccc3nccn3n2)c1.Fc1cc(F)c(-c2ncccc2-c2ccc3nccn3n2)cc1Cl.Fc1ccc(-c2ncccc2-c2cc(F)c3ncnn3c2)cc1Cl.Fc1ccc(-c2ncccc2-c2ccc3nccn3n2)cc1Cl.Fc1ccc(Cl)cc1-c1ncccc1-c1ccc2nccn2n1. The molecule has 37 heteroatoms. The number of imidazole rings is 4. The van der Waals surface area contributed by atoms with Gasteiger partial charge in [-0.1, -0.05) is 82.3 Å². The fourth-order valence-electron chi connectivity index (χ4n) is 15.1. The molecular weight excluding hydrogens is 1900 g/mol. The molecule has 0 aliphatic carbocycles. The van der Waals surface area contributed by atoms with E-state index in [1.807, 2.05) is 103 Å². The van der Waals surface area contributed by atoms with Gasteiger partial charge in [0.2, 0.25) is 0 Å². The van der Waals surface area contributed by atoms with Crippen molar-refractivity contribution in [2.45, 2.75) is 6.92 Å². The summed E-state index contributed by atoms with van der Waals surface area (Å²) in [7, 11) is 0. The maximum atomic E-state index is 14.2. The van der Waals surface area contributed by atoms with Crippen molar-refractivity contribution < 1.29 is 35.1 Å². The van der Waals surface area contributed by atoms with Crippen molar-refractivity contribution in [1.82, 2.24) is 117 Å². The number of aromatic nitrogens is 24. The number of pyridine rings is 8. The number of hydrogen-bond acceptors (Lipinski definition) is 18. The highest BCUT2D eigenvalue weighted by molar-refractivity contribution is 6.32. The van der Waals surface area contributed by atoms with Crippen molar-refractivity contribution in [1.29, 1.82) is 0 Å². The third-order valence-corrected chi connectivity index (χ3v) is 23.0. The molecule has 0 N–H and O–H groups in total. The summed E-state index contributed by atoms with van der Waals surface area (Å²) in [6, 6.07) is 67.5. The molecule has 24 nitrogen and oxygen atoms in total. The Bertz CT molecular complexity index is 8580. The van der Waals surface area contributed by atoms with Gasteiger partial charge in [0.25, 0.3) is 0 Å². The zero-order valence-corrected chi connectivity index (χ0v) is 75.9. The Hall–Kier alpha value is -17.2. The number of aryl methyl sites for hydroxylation is 1. The molecule has 24 aromatic rings. The minimum absolute atomic E-state index is 0.00186. The molecule has 0 saturated carbocycles. The van der Waals surface area contributed by atoms with Gasteiger partial charge in [-0.3, -0.25) is 29.9 Å². The normalized spacial score (nSPS) is 11.1. The predicted molar refractivity (Wildman–Crippen MR) is 519 cm³/mol. The smallest absolute Gasteiger partial charge is 0.191 e. The van der Waals surface area contributed by atoms with E-state index in [2.05, 4.69) is 90.4 Å². The van der Waals surface area contributed by atoms with Gasteiger partial charge >= 0.3 is 0 Å². The molecule has 0 aliphatic rings. The molecule has 140 heavy (non-hydrogen) atoms. The Kier molecular flexibility index (Phi) is 26.8. The molecule has 18 aromatic heterocycles. The number of nitrogens with zero attached hydrogens (tertiary/aromatic N) is 24. The highest BCUT2D eigenvalue weighted by Gasteiger charge is 2.23. The second-order valence-electron chi connectivity index (χ2n) is 30.5. The first-order valence-corrected chi connectivity index (χ1v) is 44.0. The van der Waals surface area contributed by atoms with Crippen LogP contribution < -0.4 is 0 Å². The second-order valence-corrected chi connectivity index (χ2v) is 32.6. The summed E-state index contributed by atoms with van der Waals surface area (Å²) < 4.78 is 120. The predicted octanol–water partition coefficient (Wildman–Crippen LogP) is 25.4. The molecular formula is C103H61Cl5F8N24. The Morgan fingerprint density at radius 1 is 0.221 bits per heavy atom. The molecule has 684 valence electrons. The highest BCUT2D eigenvalue weighted by atomic mass is 35.5. The Morgan fingerprint density at radius 3 is 0.964 bits per heavy atom. The van der Waals surface area contributed by atoms with Crippen molar-refractivity contribution in [2.75, 3.05) is 0 Å². The van der Waals surface area contributed by atoms with Crippen molar-refractivity contribution >= 4 is 91.9 Å². The van der Waals surface area contributed by atoms with Crippen molar-refractivity contribution in [3.63, 3.8) is 0 Å². The van der Waals surface area contributed by atoms with Crippen molar-refractivity contribution in [3.05, 3.63) is 432 Å². The van der Waals surface area contributed by atoms with Gasteiger partial charge in [0.15, 0.2) is 45.5 Å². The van der Waals surface area contributed by atoms with E-state index < -0.39 is 34.9 Å². The van der Waals surface area contributed by atoms with Crippen LogP contribution in [0.3, 0.4) is 0 Å². The first kappa shape index (κ1) is 91.9. The molecule has 0 radical (unpaired) electrons. The van der Waals surface area contributed by atoms with Gasteiger partial charge in [0.05, 0.1) is 72.0 Å². The van der Waals surface area contributed by atoms with Crippen molar-refractivity contribution in [2.24, 2.45) is 0 Å². The van der Waals surface area contributed by atoms with Gasteiger partial charge in [-0.05, 0) is 225 Å². The molecule has 0 bridgehead atoms. The molecule has 0 unspecified atom stereocenters. The van der Waals surface area contributed by atoms with Crippen LogP contribution in [0.2, 0.25) is 25.1 Å². The van der Waals surface area contributed by atoms with Crippen LogP contribution in [-0.4, -0.2) is 117 Å². The fraction of sp³-hybridized carbons (Fsp3) is 0.00971. The van der Waals surface area contributed by atoms with Gasteiger partial charge in [0.1, 0.15) is 47.6 Å². The van der Waals surface area contributed by atoms with Crippen LogP contribution in [0, 0.1) is 53.5 Å². The van der Waals surface area contributed by atoms with Crippen molar-refractivity contribution in [3.8, 4) is 135 Å². The van der Waals surface area contributed by atoms with E-state index in [0.29, 0.717) is 94.5 Å². The fourth-order valence-corrected chi connectivity index (χ4v) is 16.0. The lowest BCUT2D eigenvalue weighted by Crippen LogP contribution is -1.97. The molecule has 0 aliphatic heterocycles. The van der Waals surface area contributed by atoms with Crippen LogP contribution in [0.4, 0.5) is 35.1 Å². The molecule has 0 spiro atoms. The topological polar surface area (TPSA) is 258 Å². The maximum absolute atomic E-state index is 14.2. The zero-order chi connectivity index (χ0) is 96.6. The van der Waals surface area contributed by atoms with E-state index in [4.69, 9.17) is 58.0 Å². The summed E-state index contributed by atoms with van der Waals surface area (Å²) in [6.07, 6.45) is 29.6. The van der Waals surface area contributed by atoms with Gasteiger partial charge in [-0.25, -0.2) is 92.1 Å². The molecule has 6 aromatic carbocycles. The Labute approximate surface area is 812 Å². The minimum Gasteiger partial charge on any atom is -0.256 e. The largest absolute Gasteiger partial charge is 0.256 e. The molecule has 18 heterocycles. The number of benzene rings is 6. The first-order chi connectivity index (χ1) is 68.1. The van der Waals surface area contributed by atoms with Gasteiger partial charge in [0, 0.05) is 193 Å². The first-order valence-electron chi connectivity index (χ1n) is 42.1. The summed E-state index contributed by atoms with van der Waals surface area (Å²) in [4.78, 5) is 50.7. The second kappa shape index (κ2) is 40.8. The highest BCUT2D eigenvalue weighted by Crippen LogP contribution is 2.40. The molecule has 0 fully saturated rings. The third-order valence-electron chi connectivity index (χ3n) is 21.6. The lowest BCUT2D eigenvalue weighted by molar-refractivity contribution is 0.585. The lowest BCUT2D eigenvalue weighted by Gasteiger charge is -2.10. The Balaban J connectivity index is 0.000000107.